The maximum Gasteiger partial charge on any atom is 0.164 e. The Labute approximate surface area is 107 Å². The molecule has 4 heteroatoms. The van der Waals surface area contributed by atoms with Gasteiger partial charge < -0.3 is 9.80 Å². The molecule has 1 fully saturated rings. The zero-order valence-electron chi connectivity index (χ0n) is 11.1. The van der Waals surface area contributed by atoms with E-state index in [0.717, 1.165) is 25.3 Å². The summed E-state index contributed by atoms with van der Waals surface area (Å²) in [7, 11) is 2.08. The Morgan fingerprint density at radius 3 is 2.72 bits per heavy atom. The van der Waals surface area contributed by atoms with Gasteiger partial charge in [0.05, 0.1) is 11.3 Å². The smallest absolute Gasteiger partial charge is 0.164 e. The first-order valence-corrected chi connectivity index (χ1v) is 6.25. The van der Waals surface area contributed by atoms with Gasteiger partial charge in [-0.3, -0.25) is 4.79 Å². The summed E-state index contributed by atoms with van der Waals surface area (Å²) in [5, 5.41) is 0. The number of likely N-dealkylation sites (N-methyl/N-ethyl adjacent to an activating group) is 1. The minimum Gasteiger partial charge on any atom is -0.368 e. The van der Waals surface area contributed by atoms with Crippen molar-refractivity contribution in [3.8, 4) is 0 Å². The summed E-state index contributed by atoms with van der Waals surface area (Å²) in [5.41, 5.74) is 0.941. The number of rotatable bonds is 2. The molecule has 0 bridgehead atoms. The van der Waals surface area contributed by atoms with Crippen molar-refractivity contribution in [2.24, 2.45) is 0 Å². The van der Waals surface area contributed by atoms with Gasteiger partial charge in [0.25, 0.3) is 0 Å². The lowest BCUT2D eigenvalue weighted by Crippen LogP contribution is -2.50. The Morgan fingerprint density at radius 2 is 2.11 bits per heavy atom. The number of carbonyl (C=O) groups excluding carboxylic acids is 1. The second-order valence-corrected chi connectivity index (χ2v) is 4.97. The number of carbonyl (C=O) groups is 1. The van der Waals surface area contributed by atoms with Crippen molar-refractivity contribution >= 4 is 11.5 Å². The van der Waals surface area contributed by atoms with Crippen molar-refractivity contribution in [3.05, 3.63) is 29.6 Å². The van der Waals surface area contributed by atoms with Crippen LogP contribution in [0.3, 0.4) is 0 Å². The van der Waals surface area contributed by atoms with E-state index >= 15 is 0 Å². The van der Waals surface area contributed by atoms with E-state index in [2.05, 4.69) is 23.8 Å². The third kappa shape index (κ3) is 2.38. The molecule has 1 atom stereocenters. The van der Waals surface area contributed by atoms with Crippen LogP contribution in [-0.2, 0) is 0 Å². The number of halogens is 1. The van der Waals surface area contributed by atoms with Gasteiger partial charge in [-0.2, -0.15) is 0 Å². The quantitative estimate of drug-likeness (QED) is 0.752. The number of Topliss-reactive ketones (excluding diaryl/α,β-unsaturated/α-hetero) is 1. The third-order valence-corrected chi connectivity index (χ3v) is 3.64. The van der Waals surface area contributed by atoms with Crippen LogP contribution in [0.25, 0.3) is 0 Å². The number of piperazine rings is 1. The van der Waals surface area contributed by atoms with Gasteiger partial charge in [-0.25, -0.2) is 4.39 Å². The normalized spacial score (nSPS) is 21.1. The molecular weight excluding hydrogens is 231 g/mol. The molecule has 0 radical (unpaired) electrons. The van der Waals surface area contributed by atoms with Crippen LogP contribution in [0.1, 0.15) is 24.2 Å². The highest BCUT2D eigenvalue weighted by Crippen LogP contribution is 2.25. The summed E-state index contributed by atoms with van der Waals surface area (Å²) in [5.74, 6) is -0.638. The monoisotopic (exact) mass is 250 g/mol. The minimum atomic E-state index is -0.424. The van der Waals surface area contributed by atoms with Gasteiger partial charge in [-0.1, -0.05) is 6.07 Å². The van der Waals surface area contributed by atoms with Gasteiger partial charge in [0.1, 0.15) is 5.82 Å². The Kier molecular flexibility index (Phi) is 3.66. The standard InChI is InChI=1S/C14H19FN2O/c1-10-9-17(8-7-16(10)3)13-6-4-5-12(15)14(13)11(2)18/h4-6,10H,7-9H2,1-3H3. The minimum absolute atomic E-state index is 0.213. The molecule has 0 aromatic heterocycles. The molecule has 0 saturated carbocycles. The van der Waals surface area contributed by atoms with E-state index < -0.39 is 5.82 Å². The van der Waals surface area contributed by atoms with E-state index in [-0.39, 0.29) is 11.3 Å². The molecule has 0 N–H and O–H groups in total. The number of anilines is 1. The van der Waals surface area contributed by atoms with E-state index in [1.54, 1.807) is 6.07 Å². The molecule has 1 aliphatic rings. The lowest BCUT2D eigenvalue weighted by Gasteiger charge is -2.39. The molecule has 1 aromatic rings. The Hall–Kier alpha value is -1.42. The molecule has 3 nitrogen and oxygen atoms in total. The number of hydrogen-bond donors (Lipinski definition) is 0. The number of benzene rings is 1. The van der Waals surface area contributed by atoms with Crippen LogP contribution in [0.2, 0.25) is 0 Å². The highest BCUT2D eigenvalue weighted by molar-refractivity contribution is 6.00. The lowest BCUT2D eigenvalue weighted by atomic mass is 10.1. The van der Waals surface area contributed by atoms with E-state index in [1.165, 1.54) is 13.0 Å². The maximum atomic E-state index is 13.8. The maximum absolute atomic E-state index is 13.8. The topological polar surface area (TPSA) is 23.6 Å². The average molecular weight is 250 g/mol. The number of nitrogens with zero attached hydrogens (tertiary/aromatic N) is 2. The fraction of sp³-hybridized carbons (Fsp3) is 0.500. The van der Waals surface area contributed by atoms with Crippen LogP contribution in [-0.4, -0.2) is 43.4 Å². The van der Waals surface area contributed by atoms with E-state index in [0.29, 0.717) is 6.04 Å². The lowest BCUT2D eigenvalue weighted by molar-refractivity contribution is 0.101. The summed E-state index contributed by atoms with van der Waals surface area (Å²) in [6, 6.07) is 5.25. The Bertz CT molecular complexity index is 461. The zero-order valence-corrected chi connectivity index (χ0v) is 11.1. The van der Waals surface area contributed by atoms with Gasteiger partial charge in [0, 0.05) is 25.7 Å². The predicted molar refractivity (Wildman–Crippen MR) is 70.7 cm³/mol. The predicted octanol–water partition coefficient (Wildman–Crippen LogP) is 2.17. The molecule has 0 spiro atoms. The first-order chi connectivity index (χ1) is 8.50. The highest BCUT2D eigenvalue weighted by Gasteiger charge is 2.24. The highest BCUT2D eigenvalue weighted by atomic mass is 19.1. The van der Waals surface area contributed by atoms with Crippen molar-refractivity contribution in [1.29, 1.82) is 0 Å². The third-order valence-electron chi connectivity index (χ3n) is 3.64. The number of hydrogen-bond acceptors (Lipinski definition) is 3. The molecule has 1 saturated heterocycles. The van der Waals surface area contributed by atoms with Gasteiger partial charge in [-0.05, 0) is 33.0 Å². The van der Waals surface area contributed by atoms with Crippen molar-refractivity contribution in [2.45, 2.75) is 19.9 Å². The fourth-order valence-corrected chi connectivity index (χ4v) is 2.39. The molecule has 1 unspecified atom stereocenters. The Morgan fingerprint density at radius 1 is 1.39 bits per heavy atom. The molecular formula is C14H19FN2O. The van der Waals surface area contributed by atoms with Gasteiger partial charge in [0.2, 0.25) is 0 Å². The molecule has 1 aliphatic heterocycles. The molecule has 18 heavy (non-hydrogen) atoms. The van der Waals surface area contributed by atoms with Gasteiger partial charge >= 0.3 is 0 Å². The molecule has 2 rings (SSSR count). The van der Waals surface area contributed by atoms with Crippen LogP contribution in [0.4, 0.5) is 10.1 Å². The molecule has 1 aromatic carbocycles. The van der Waals surface area contributed by atoms with Crippen LogP contribution in [0, 0.1) is 5.82 Å². The summed E-state index contributed by atoms with van der Waals surface area (Å²) in [6.45, 7) is 6.13. The van der Waals surface area contributed by atoms with Crippen molar-refractivity contribution in [3.63, 3.8) is 0 Å². The average Bonchev–Trinajstić information content (AvgIpc) is 2.32. The summed E-state index contributed by atoms with van der Waals surface area (Å²) >= 11 is 0. The van der Waals surface area contributed by atoms with Crippen molar-refractivity contribution < 1.29 is 9.18 Å². The fourth-order valence-electron chi connectivity index (χ4n) is 2.39. The Balaban J connectivity index is 2.34. The van der Waals surface area contributed by atoms with Crippen molar-refractivity contribution in [1.82, 2.24) is 4.90 Å². The first kappa shape index (κ1) is 13.0. The summed E-state index contributed by atoms with van der Waals surface area (Å²) in [6.07, 6.45) is 0. The van der Waals surface area contributed by atoms with Crippen LogP contribution >= 0.6 is 0 Å². The van der Waals surface area contributed by atoms with Crippen LogP contribution < -0.4 is 4.90 Å². The summed E-state index contributed by atoms with van der Waals surface area (Å²) < 4.78 is 13.8. The SMILES string of the molecule is CC(=O)c1c(F)cccc1N1CCN(C)C(C)C1. The molecule has 98 valence electrons. The first-order valence-electron chi connectivity index (χ1n) is 6.25. The van der Waals surface area contributed by atoms with Gasteiger partial charge in [-0.15, -0.1) is 0 Å². The van der Waals surface area contributed by atoms with Crippen LogP contribution in [0.15, 0.2) is 18.2 Å². The van der Waals surface area contributed by atoms with Crippen LogP contribution in [0.5, 0.6) is 0 Å². The van der Waals surface area contributed by atoms with E-state index in [4.69, 9.17) is 0 Å². The summed E-state index contributed by atoms with van der Waals surface area (Å²) in [4.78, 5) is 16.0. The van der Waals surface area contributed by atoms with Crippen molar-refractivity contribution in [2.75, 3.05) is 31.6 Å². The second kappa shape index (κ2) is 5.06. The van der Waals surface area contributed by atoms with E-state index in [9.17, 15) is 9.18 Å². The number of ketones is 1. The molecule has 0 aliphatic carbocycles. The molecule has 1 heterocycles. The van der Waals surface area contributed by atoms with Gasteiger partial charge in [0.15, 0.2) is 5.78 Å². The zero-order chi connectivity index (χ0) is 13.3. The largest absolute Gasteiger partial charge is 0.368 e. The van der Waals surface area contributed by atoms with E-state index in [1.807, 2.05) is 6.07 Å². The molecule has 0 amide bonds. The second-order valence-electron chi connectivity index (χ2n) is 4.97.